The first-order valence-corrected chi connectivity index (χ1v) is 12.0. The van der Waals surface area contributed by atoms with Gasteiger partial charge in [0, 0.05) is 31.2 Å². The molecule has 12 heteroatoms. The number of nitrogens with zero attached hydrogens (tertiary/aromatic N) is 2. The van der Waals surface area contributed by atoms with Crippen LogP contribution in [0.3, 0.4) is 0 Å². The van der Waals surface area contributed by atoms with Crippen LogP contribution in [-0.2, 0) is 30.9 Å². The zero-order chi connectivity index (χ0) is 22.2. The standard InChI is InChI=1S/C19H21N3O7S2/c23-16(10-29-11-17(24)25)21-7-12-6-13(9-21)15-4-3-14(19(26)22(15)8-12)20-31(27,28)18-2-1-5-30-18/h1-5,12-13,20H,6-11H2,(H,24,25). The molecule has 166 valence electrons. The molecule has 1 fully saturated rings. The minimum absolute atomic E-state index is 0.00729. The fourth-order valence-electron chi connectivity index (χ4n) is 4.16. The van der Waals surface area contributed by atoms with Crippen LogP contribution in [0.1, 0.15) is 18.0 Å². The van der Waals surface area contributed by atoms with E-state index in [0.717, 1.165) is 23.5 Å². The van der Waals surface area contributed by atoms with E-state index in [0.29, 0.717) is 19.6 Å². The maximum atomic E-state index is 13.0. The van der Waals surface area contributed by atoms with Crippen molar-refractivity contribution in [3.8, 4) is 0 Å². The number of ether oxygens (including phenoxy) is 1. The molecule has 1 saturated heterocycles. The van der Waals surface area contributed by atoms with Gasteiger partial charge in [0.2, 0.25) is 5.91 Å². The first-order chi connectivity index (χ1) is 14.7. The molecule has 31 heavy (non-hydrogen) atoms. The zero-order valence-electron chi connectivity index (χ0n) is 16.4. The Hall–Kier alpha value is -2.70. The molecule has 2 aliphatic heterocycles. The molecule has 2 bridgehead atoms. The molecular formula is C19H21N3O7S2. The number of hydrogen-bond acceptors (Lipinski definition) is 7. The van der Waals surface area contributed by atoms with Crippen LogP contribution in [0.4, 0.5) is 5.69 Å². The number of rotatable bonds is 7. The fraction of sp³-hybridized carbons (Fsp3) is 0.421. The molecule has 2 atom stereocenters. The Balaban J connectivity index is 1.52. The third kappa shape index (κ3) is 4.50. The number of nitrogens with one attached hydrogen (secondary N) is 1. The number of likely N-dealkylation sites (tertiary alicyclic amines) is 1. The number of sulfonamides is 1. The van der Waals surface area contributed by atoms with Crippen molar-refractivity contribution < 1.29 is 27.9 Å². The Kier molecular flexibility index (Phi) is 5.86. The number of piperidine rings is 1. The summed E-state index contributed by atoms with van der Waals surface area (Å²) in [7, 11) is -3.83. The van der Waals surface area contributed by atoms with Gasteiger partial charge in [0.15, 0.2) is 0 Å². The third-order valence-corrected chi connectivity index (χ3v) is 8.18. The normalized spacial score (nSPS) is 20.2. The Bertz CT molecular complexity index is 1160. The van der Waals surface area contributed by atoms with Gasteiger partial charge < -0.3 is 19.3 Å². The summed E-state index contributed by atoms with van der Waals surface area (Å²) in [5, 5.41) is 10.3. The lowest BCUT2D eigenvalue weighted by Crippen LogP contribution is -2.50. The average Bonchev–Trinajstić information content (AvgIpc) is 3.26. The lowest BCUT2D eigenvalue weighted by Gasteiger charge is -2.42. The zero-order valence-corrected chi connectivity index (χ0v) is 18.0. The van der Waals surface area contributed by atoms with E-state index in [9.17, 15) is 22.8 Å². The van der Waals surface area contributed by atoms with Crippen LogP contribution >= 0.6 is 11.3 Å². The highest BCUT2D eigenvalue weighted by atomic mass is 32.2. The highest BCUT2D eigenvalue weighted by molar-refractivity contribution is 7.94. The van der Waals surface area contributed by atoms with Gasteiger partial charge in [0.05, 0.1) is 0 Å². The molecule has 2 N–H and O–H groups in total. The topological polar surface area (TPSA) is 135 Å². The summed E-state index contributed by atoms with van der Waals surface area (Å²) in [6.45, 7) is 0.365. The van der Waals surface area contributed by atoms with E-state index in [2.05, 4.69) is 4.72 Å². The van der Waals surface area contributed by atoms with Crippen molar-refractivity contribution in [2.75, 3.05) is 31.0 Å². The molecule has 2 aliphatic rings. The first-order valence-electron chi connectivity index (χ1n) is 9.62. The van der Waals surface area contributed by atoms with Crippen molar-refractivity contribution in [1.82, 2.24) is 9.47 Å². The summed E-state index contributed by atoms with van der Waals surface area (Å²) in [6, 6.07) is 6.29. The average molecular weight is 468 g/mol. The summed E-state index contributed by atoms with van der Waals surface area (Å²) in [4.78, 5) is 37.6. The quantitative estimate of drug-likeness (QED) is 0.614. The lowest BCUT2D eigenvalue weighted by atomic mass is 9.83. The van der Waals surface area contributed by atoms with Crippen LogP contribution in [0, 0.1) is 5.92 Å². The molecule has 0 radical (unpaired) electrons. The maximum absolute atomic E-state index is 13.0. The van der Waals surface area contributed by atoms with E-state index in [1.54, 1.807) is 27.0 Å². The number of aromatic nitrogens is 1. The number of thiophene rings is 1. The van der Waals surface area contributed by atoms with Gasteiger partial charge in [-0.15, -0.1) is 11.3 Å². The second-order valence-electron chi connectivity index (χ2n) is 7.61. The highest BCUT2D eigenvalue weighted by Crippen LogP contribution is 2.35. The van der Waals surface area contributed by atoms with Gasteiger partial charge in [-0.1, -0.05) is 6.07 Å². The molecule has 10 nitrogen and oxygen atoms in total. The minimum Gasteiger partial charge on any atom is -0.480 e. The predicted octanol–water partition coefficient (Wildman–Crippen LogP) is 0.757. The molecule has 2 aromatic heterocycles. The Morgan fingerprint density at radius 2 is 2.00 bits per heavy atom. The van der Waals surface area contributed by atoms with E-state index >= 15 is 0 Å². The molecule has 0 saturated carbocycles. The number of pyridine rings is 1. The van der Waals surface area contributed by atoms with Crippen molar-refractivity contribution in [2.24, 2.45) is 5.92 Å². The molecule has 2 aromatic rings. The van der Waals surface area contributed by atoms with E-state index in [1.165, 1.54) is 12.1 Å². The second-order valence-corrected chi connectivity index (χ2v) is 10.5. The number of aliphatic carboxylic acids is 1. The van der Waals surface area contributed by atoms with Crippen LogP contribution in [0.25, 0.3) is 0 Å². The summed E-state index contributed by atoms with van der Waals surface area (Å²) in [5.74, 6) is -1.45. The Morgan fingerprint density at radius 1 is 1.19 bits per heavy atom. The number of hydrogen-bond donors (Lipinski definition) is 2. The number of amides is 1. The smallest absolute Gasteiger partial charge is 0.329 e. The van der Waals surface area contributed by atoms with Crippen molar-refractivity contribution in [3.63, 3.8) is 0 Å². The minimum atomic E-state index is -3.83. The summed E-state index contributed by atoms with van der Waals surface area (Å²) in [5.41, 5.74) is 0.341. The second kappa shape index (κ2) is 8.44. The van der Waals surface area contributed by atoms with Crippen LogP contribution in [0.5, 0.6) is 0 Å². The molecule has 0 aromatic carbocycles. The van der Waals surface area contributed by atoms with Gasteiger partial charge in [0.25, 0.3) is 15.6 Å². The number of carbonyl (C=O) groups excluding carboxylic acids is 1. The van der Waals surface area contributed by atoms with E-state index < -0.39 is 28.2 Å². The molecule has 2 unspecified atom stereocenters. The molecule has 4 rings (SSSR count). The lowest BCUT2D eigenvalue weighted by molar-refractivity contribution is -0.146. The maximum Gasteiger partial charge on any atom is 0.329 e. The number of anilines is 1. The molecule has 0 spiro atoms. The SMILES string of the molecule is O=C(O)COCC(=O)N1CC2CC(C1)c1ccc(NS(=O)(=O)c3cccs3)c(=O)n1C2. The van der Waals surface area contributed by atoms with Gasteiger partial charge in [-0.3, -0.25) is 14.3 Å². The van der Waals surface area contributed by atoms with Crippen molar-refractivity contribution in [1.29, 1.82) is 0 Å². The van der Waals surface area contributed by atoms with E-state index in [1.807, 2.05) is 0 Å². The summed E-state index contributed by atoms with van der Waals surface area (Å²) in [6.07, 6.45) is 0.819. The van der Waals surface area contributed by atoms with Gasteiger partial charge in [-0.05, 0) is 35.9 Å². The van der Waals surface area contributed by atoms with Crippen LogP contribution in [0.2, 0.25) is 0 Å². The largest absolute Gasteiger partial charge is 0.480 e. The predicted molar refractivity (Wildman–Crippen MR) is 112 cm³/mol. The molecule has 4 heterocycles. The number of carbonyl (C=O) groups is 2. The van der Waals surface area contributed by atoms with Crippen molar-refractivity contribution in [2.45, 2.75) is 23.1 Å². The van der Waals surface area contributed by atoms with E-state index in [4.69, 9.17) is 9.84 Å². The number of carboxylic acid groups (broad SMARTS) is 1. The van der Waals surface area contributed by atoms with Crippen LogP contribution in [0.15, 0.2) is 38.6 Å². The Labute approximate surface area is 182 Å². The van der Waals surface area contributed by atoms with Gasteiger partial charge in [-0.25, -0.2) is 13.2 Å². The number of fused-ring (bicyclic) bond motifs is 4. The van der Waals surface area contributed by atoms with Crippen molar-refractivity contribution >= 4 is 38.9 Å². The monoisotopic (exact) mass is 467 g/mol. The molecule has 1 amide bonds. The van der Waals surface area contributed by atoms with Gasteiger partial charge in [-0.2, -0.15) is 0 Å². The fourth-order valence-corrected chi connectivity index (χ4v) is 6.21. The summed E-state index contributed by atoms with van der Waals surface area (Å²) < 4.78 is 34.0. The molecule has 0 aliphatic carbocycles. The third-order valence-electron chi connectivity index (χ3n) is 5.41. The van der Waals surface area contributed by atoms with E-state index in [-0.39, 0.29) is 34.2 Å². The highest BCUT2D eigenvalue weighted by Gasteiger charge is 2.37. The molecular weight excluding hydrogens is 446 g/mol. The van der Waals surface area contributed by atoms with Crippen molar-refractivity contribution in [3.05, 3.63) is 45.7 Å². The van der Waals surface area contributed by atoms with Gasteiger partial charge in [0.1, 0.15) is 23.1 Å². The Morgan fingerprint density at radius 3 is 2.71 bits per heavy atom. The number of carboxylic acids is 1. The van der Waals surface area contributed by atoms with Gasteiger partial charge >= 0.3 is 5.97 Å². The summed E-state index contributed by atoms with van der Waals surface area (Å²) >= 11 is 1.07. The first kappa shape index (κ1) is 21.5. The van der Waals surface area contributed by atoms with Crippen LogP contribution in [-0.4, -0.2) is 61.2 Å². The van der Waals surface area contributed by atoms with Crippen LogP contribution < -0.4 is 10.3 Å².